The van der Waals surface area contributed by atoms with Crippen molar-refractivity contribution < 1.29 is 13.9 Å². The maximum atomic E-state index is 12.6. The van der Waals surface area contributed by atoms with Crippen molar-refractivity contribution in [1.29, 1.82) is 0 Å². The number of Topliss-reactive ketones (excluding diaryl/α,β-unsaturated/α-hetero) is 1. The van der Waals surface area contributed by atoms with E-state index in [-0.39, 0.29) is 23.2 Å². The lowest BCUT2D eigenvalue weighted by Gasteiger charge is -2.03. The fourth-order valence-corrected chi connectivity index (χ4v) is 1.17. The Morgan fingerprint density at radius 3 is 2.41 bits per heavy atom. The van der Waals surface area contributed by atoms with Crippen molar-refractivity contribution in [3.63, 3.8) is 0 Å². The second-order valence-electron chi connectivity index (χ2n) is 3.35. The number of hydrogen-bond acceptors (Lipinski definition) is 4. The van der Waals surface area contributed by atoms with Gasteiger partial charge in [-0.15, -0.1) is 0 Å². The van der Waals surface area contributed by atoms with Crippen LogP contribution in [-0.2, 0) is 0 Å². The van der Waals surface area contributed by atoms with Crippen molar-refractivity contribution in [3.8, 4) is 11.6 Å². The van der Waals surface area contributed by atoms with E-state index in [9.17, 15) is 9.18 Å². The molecule has 17 heavy (non-hydrogen) atoms. The Hall–Kier alpha value is -2.30. The van der Waals surface area contributed by atoms with Crippen LogP contribution < -0.4 is 4.74 Å². The van der Waals surface area contributed by atoms with Crippen LogP contribution in [-0.4, -0.2) is 15.8 Å². The van der Waals surface area contributed by atoms with E-state index in [0.29, 0.717) is 5.75 Å². The van der Waals surface area contributed by atoms with Crippen LogP contribution in [0.2, 0.25) is 0 Å². The molecule has 86 valence electrons. The molecule has 0 atom stereocenters. The van der Waals surface area contributed by atoms with E-state index in [2.05, 4.69) is 9.97 Å². The summed E-state index contributed by atoms with van der Waals surface area (Å²) in [6.45, 7) is 1.41. The van der Waals surface area contributed by atoms with Crippen molar-refractivity contribution >= 4 is 5.78 Å². The van der Waals surface area contributed by atoms with Crippen molar-refractivity contribution in [3.05, 3.63) is 48.2 Å². The number of ketones is 1. The third kappa shape index (κ3) is 2.84. The van der Waals surface area contributed by atoms with Crippen LogP contribution in [0.3, 0.4) is 0 Å². The molecule has 2 rings (SSSR count). The zero-order chi connectivity index (χ0) is 12.3. The van der Waals surface area contributed by atoms with Crippen molar-refractivity contribution in [1.82, 2.24) is 9.97 Å². The monoisotopic (exact) mass is 232 g/mol. The molecule has 0 radical (unpaired) electrons. The van der Waals surface area contributed by atoms with Gasteiger partial charge >= 0.3 is 0 Å². The van der Waals surface area contributed by atoms with E-state index < -0.39 is 0 Å². The summed E-state index contributed by atoms with van der Waals surface area (Å²) < 4.78 is 18.0. The molecule has 0 fully saturated rings. The van der Waals surface area contributed by atoms with E-state index in [1.165, 1.54) is 43.6 Å². The number of nitrogens with zero attached hydrogens (tertiary/aromatic N) is 2. The highest BCUT2D eigenvalue weighted by molar-refractivity contribution is 5.91. The lowest BCUT2D eigenvalue weighted by molar-refractivity contribution is 0.101. The number of carbonyl (C=O) groups is 1. The van der Waals surface area contributed by atoms with Crippen LogP contribution in [0.4, 0.5) is 4.39 Å². The average molecular weight is 232 g/mol. The minimum atomic E-state index is -0.338. The molecule has 4 nitrogen and oxygen atoms in total. The van der Waals surface area contributed by atoms with Crippen LogP contribution in [0.1, 0.15) is 17.4 Å². The molecule has 0 saturated heterocycles. The van der Waals surface area contributed by atoms with Gasteiger partial charge in [0.1, 0.15) is 17.3 Å². The maximum absolute atomic E-state index is 12.6. The average Bonchev–Trinajstić information content (AvgIpc) is 2.33. The summed E-state index contributed by atoms with van der Waals surface area (Å²) in [4.78, 5) is 18.8. The normalized spacial score (nSPS) is 10.0. The fraction of sp³-hybridized carbons (Fsp3) is 0.0833. The Morgan fingerprint density at radius 1 is 1.18 bits per heavy atom. The van der Waals surface area contributed by atoms with Crippen molar-refractivity contribution in [2.24, 2.45) is 0 Å². The topological polar surface area (TPSA) is 52.1 Å². The van der Waals surface area contributed by atoms with Gasteiger partial charge in [-0.05, 0) is 24.3 Å². The molecular weight excluding hydrogens is 223 g/mol. The molecule has 0 unspecified atom stereocenters. The van der Waals surface area contributed by atoms with Gasteiger partial charge in [0.15, 0.2) is 5.78 Å². The Balaban J connectivity index is 2.13. The Kier molecular flexibility index (Phi) is 3.09. The van der Waals surface area contributed by atoms with Crippen molar-refractivity contribution in [2.75, 3.05) is 0 Å². The van der Waals surface area contributed by atoms with E-state index in [1.807, 2.05) is 0 Å². The highest BCUT2D eigenvalue weighted by Gasteiger charge is 2.03. The van der Waals surface area contributed by atoms with Crippen LogP contribution in [0, 0.1) is 5.82 Å². The van der Waals surface area contributed by atoms with Crippen molar-refractivity contribution in [2.45, 2.75) is 6.92 Å². The number of aromatic nitrogens is 2. The second-order valence-corrected chi connectivity index (χ2v) is 3.35. The summed E-state index contributed by atoms with van der Waals surface area (Å²) in [6.07, 6.45) is 2.68. The molecule has 2 aromatic rings. The van der Waals surface area contributed by atoms with Gasteiger partial charge in [-0.2, -0.15) is 0 Å². The predicted octanol–water partition coefficient (Wildman–Crippen LogP) is 2.61. The maximum Gasteiger partial charge on any atom is 0.237 e. The molecule has 0 N–H and O–H groups in total. The zero-order valence-electron chi connectivity index (χ0n) is 9.05. The molecule has 0 saturated carbocycles. The molecule has 0 amide bonds. The molecule has 0 spiro atoms. The van der Waals surface area contributed by atoms with Gasteiger partial charge in [0.05, 0.1) is 12.4 Å². The van der Waals surface area contributed by atoms with Gasteiger partial charge < -0.3 is 4.74 Å². The standard InChI is InChI=1S/C12H9FN2O2/c1-8(16)11-6-15-12(7-14-11)17-10-4-2-9(13)3-5-10/h2-7H,1H3. The first-order valence-corrected chi connectivity index (χ1v) is 4.91. The second kappa shape index (κ2) is 4.69. The molecule has 0 aliphatic heterocycles. The van der Waals surface area contributed by atoms with Gasteiger partial charge in [0.25, 0.3) is 0 Å². The van der Waals surface area contributed by atoms with E-state index in [0.717, 1.165) is 0 Å². The zero-order valence-corrected chi connectivity index (χ0v) is 9.05. The molecule has 1 heterocycles. The minimum absolute atomic E-state index is 0.161. The first-order valence-electron chi connectivity index (χ1n) is 4.91. The summed E-state index contributed by atoms with van der Waals surface area (Å²) in [5.41, 5.74) is 0.274. The fourth-order valence-electron chi connectivity index (χ4n) is 1.17. The summed E-state index contributed by atoms with van der Waals surface area (Å²) in [7, 11) is 0. The SMILES string of the molecule is CC(=O)c1cnc(Oc2ccc(F)cc2)cn1. The molecule has 0 aliphatic carbocycles. The van der Waals surface area contributed by atoms with Crippen LogP contribution in [0.5, 0.6) is 11.6 Å². The number of rotatable bonds is 3. The summed E-state index contributed by atoms with van der Waals surface area (Å²) >= 11 is 0. The smallest absolute Gasteiger partial charge is 0.237 e. The van der Waals surface area contributed by atoms with E-state index >= 15 is 0 Å². The Labute approximate surface area is 97.1 Å². The first-order chi connectivity index (χ1) is 8.15. The lowest BCUT2D eigenvalue weighted by Crippen LogP contribution is -1.98. The number of ether oxygens (including phenoxy) is 1. The molecule has 0 bridgehead atoms. The van der Waals surface area contributed by atoms with Crippen LogP contribution in [0.15, 0.2) is 36.7 Å². The molecular formula is C12H9FN2O2. The highest BCUT2D eigenvalue weighted by atomic mass is 19.1. The van der Waals surface area contributed by atoms with Crippen LogP contribution in [0.25, 0.3) is 0 Å². The summed E-state index contributed by atoms with van der Waals surface area (Å²) in [5.74, 6) is 0.207. The third-order valence-corrected chi connectivity index (χ3v) is 2.02. The van der Waals surface area contributed by atoms with Gasteiger partial charge in [0.2, 0.25) is 5.88 Å². The van der Waals surface area contributed by atoms with Crippen LogP contribution >= 0.6 is 0 Å². The first kappa shape index (κ1) is 11.2. The molecule has 1 aromatic carbocycles. The largest absolute Gasteiger partial charge is 0.438 e. The Morgan fingerprint density at radius 2 is 1.88 bits per heavy atom. The number of benzene rings is 1. The predicted molar refractivity (Wildman–Crippen MR) is 58.5 cm³/mol. The quantitative estimate of drug-likeness (QED) is 0.763. The molecule has 5 heteroatoms. The van der Waals surface area contributed by atoms with E-state index in [1.54, 1.807) is 0 Å². The minimum Gasteiger partial charge on any atom is -0.438 e. The third-order valence-electron chi connectivity index (χ3n) is 2.02. The number of carbonyl (C=O) groups excluding carboxylic acids is 1. The lowest BCUT2D eigenvalue weighted by atomic mass is 10.3. The number of hydrogen-bond donors (Lipinski definition) is 0. The van der Waals surface area contributed by atoms with E-state index in [4.69, 9.17) is 4.74 Å². The van der Waals surface area contributed by atoms with Gasteiger partial charge in [-0.3, -0.25) is 4.79 Å². The van der Waals surface area contributed by atoms with Gasteiger partial charge in [-0.1, -0.05) is 0 Å². The summed E-state index contributed by atoms with van der Waals surface area (Å²) in [6, 6.07) is 5.53. The highest BCUT2D eigenvalue weighted by Crippen LogP contribution is 2.18. The summed E-state index contributed by atoms with van der Waals surface area (Å²) in [5, 5.41) is 0. The van der Waals surface area contributed by atoms with Gasteiger partial charge in [-0.25, -0.2) is 14.4 Å². The molecule has 1 aromatic heterocycles. The van der Waals surface area contributed by atoms with Gasteiger partial charge in [0, 0.05) is 6.92 Å². The Bertz CT molecular complexity index is 523. The molecule has 0 aliphatic rings. The number of halogens is 1.